The van der Waals surface area contributed by atoms with Crippen LogP contribution in [0.1, 0.15) is 11.1 Å². The average Bonchev–Trinajstić information content (AvgIpc) is 2.68. The summed E-state index contributed by atoms with van der Waals surface area (Å²) in [5, 5.41) is 2.79. The second kappa shape index (κ2) is 9.00. The molecule has 2 N–H and O–H groups in total. The minimum Gasteiger partial charge on any atom is -0.378 e. The smallest absolute Gasteiger partial charge is 0.338 e. The number of rotatable bonds is 6. The summed E-state index contributed by atoms with van der Waals surface area (Å²) < 4.78 is 5.37. The third-order valence-electron chi connectivity index (χ3n) is 3.86. The number of hydrogen-bond acceptors (Lipinski definition) is 5. The standard InChI is InChI=1S/C18H22N4O3/c23-18(21-25-14-15-5-2-1-3-6-15)20-13-16-7-4-8-19-17(16)22-9-11-24-12-10-22/h1-8H,9-14H2,(H2,20,21,23). The Kier molecular flexibility index (Phi) is 6.19. The van der Waals surface area contributed by atoms with Crippen LogP contribution in [0.4, 0.5) is 10.6 Å². The predicted molar refractivity (Wildman–Crippen MR) is 93.9 cm³/mol. The van der Waals surface area contributed by atoms with Gasteiger partial charge in [0.2, 0.25) is 0 Å². The fourth-order valence-electron chi connectivity index (χ4n) is 2.60. The number of amides is 2. The number of hydrogen-bond donors (Lipinski definition) is 2. The second-order valence-corrected chi connectivity index (χ2v) is 5.64. The van der Waals surface area contributed by atoms with E-state index in [2.05, 4.69) is 20.7 Å². The molecule has 132 valence electrons. The molecule has 2 heterocycles. The van der Waals surface area contributed by atoms with Crippen LogP contribution in [0.5, 0.6) is 0 Å². The molecule has 1 aromatic carbocycles. The topological polar surface area (TPSA) is 75.7 Å². The van der Waals surface area contributed by atoms with E-state index >= 15 is 0 Å². The number of ether oxygens (including phenoxy) is 1. The van der Waals surface area contributed by atoms with Crippen LogP contribution in [-0.4, -0.2) is 37.3 Å². The van der Waals surface area contributed by atoms with Crippen LogP contribution in [0.15, 0.2) is 48.7 Å². The molecule has 25 heavy (non-hydrogen) atoms. The van der Waals surface area contributed by atoms with Crippen LogP contribution in [0.2, 0.25) is 0 Å². The number of morpholine rings is 1. The van der Waals surface area contributed by atoms with E-state index in [1.807, 2.05) is 42.5 Å². The molecule has 2 aromatic rings. The average molecular weight is 342 g/mol. The molecule has 0 radical (unpaired) electrons. The molecule has 2 amide bonds. The van der Waals surface area contributed by atoms with E-state index < -0.39 is 0 Å². The summed E-state index contributed by atoms with van der Waals surface area (Å²) in [6, 6.07) is 13.1. The maximum absolute atomic E-state index is 11.9. The Bertz CT molecular complexity index is 675. The molecule has 0 atom stereocenters. The van der Waals surface area contributed by atoms with Gasteiger partial charge in [-0.3, -0.25) is 4.84 Å². The van der Waals surface area contributed by atoms with E-state index in [1.54, 1.807) is 6.20 Å². The van der Waals surface area contributed by atoms with Gasteiger partial charge in [0.25, 0.3) is 0 Å². The van der Waals surface area contributed by atoms with Gasteiger partial charge in [0.1, 0.15) is 5.82 Å². The van der Waals surface area contributed by atoms with Crippen molar-refractivity contribution in [3.63, 3.8) is 0 Å². The van der Waals surface area contributed by atoms with Crippen LogP contribution in [0.3, 0.4) is 0 Å². The summed E-state index contributed by atoms with van der Waals surface area (Å²) in [7, 11) is 0. The number of nitrogens with zero attached hydrogens (tertiary/aromatic N) is 2. The number of pyridine rings is 1. The summed E-state index contributed by atoms with van der Waals surface area (Å²) >= 11 is 0. The van der Waals surface area contributed by atoms with E-state index in [-0.39, 0.29) is 6.03 Å². The zero-order valence-electron chi connectivity index (χ0n) is 14.0. The highest BCUT2D eigenvalue weighted by Gasteiger charge is 2.16. The SMILES string of the molecule is O=C(NCc1cccnc1N1CCOCC1)NOCc1ccccc1. The Labute approximate surface area is 146 Å². The van der Waals surface area contributed by atoms with Crippen molar-refractivity contribution in [2.75, 3.05) is 31.2 Å². The Morgan fingerprint density at radius 2 is 1.96 bits per heavy atom. The number of urea groups is 1. The summed E-state index contributed by atoms with van der Waals surface area (Å²) in [5.41, 5.74) is 4.35. The third-order valence-corrected chi connectivity index (χ3v) is 3.86. The van der Waals surface area contributed by atoms with Gasteiger partial charge in [-0.25, -0.2) is 15.3 Å². The molecule has 1 saturated heterocycles. The largest absolute Gasteiger partial charge is 0.378 e. The quantitative estimate of drug-likeness (QED) is 0.784. The first-order chi connectivity index (χ1) is 12.3. The number of carbonyl (C=O) groups is 1. The Morgan fingerprint density at radius 3 is 2.76 bits per heavy atom. The lowest BCUT2D eigenvalue weighted by atomic mass is 10.2. The first-order valence-corrected chi connectivity index (χ1v) is 8.29. The number of carbonyl (C=O) groups excluding carboxylic acids is 1. The predicted octanol–water partition coefficient (Wildman–Crippen LogP) is 1.85. The highest BCUT2D eigenvalue weighted by Crippen LogP contribution is 2.18. The van der Waals surface area contributed by atoms with Gasteiger partial charge in [0.05, 0.1) is 19.8 Å². The van der Waals surface area contributed by atoms with Crippen LogP contribution < -0.4 is 15.7 Å². The van der Waals surface area contributed by atoms with Gasteiger partial charge in [-0.1, -0.05) is 36.4 Å². The molecular weight excluding hydrogens is 320 g/mol. The highest BCUT2D eigenvalue weighted by molar-refractivity contribution is 5.72. The van der Waals surface area contributed by atoms with Crippen molar-refractivity contribution in [1.82, 2.24) is 15.8 Å². The number of benzene rings is 1. The molecule has 0 unspecified atom stereocenters. The van der Waals surface area contributed by atoms with Crippen LogP contribution in [0, 0.1) is 0 Å². The van der Waals surface area contributed by atoms with Gasteiger partial charge in [0.15, 0.2) is 0 Å². The fourth-order valence-corrected chi connectivity index (χ4v) is 2.60. The molecule has 0 bridgehead atoms. The fraction of sp³-hybridized carbons (Fsp3) is 0.333. The lowest BCUT2D eigenvalue weighted by molar-refractivity contribution is 0.0489. The maximum atomic E-state index is 11.9. The minimum atomic E-state index is -0.382. The van der Waals surface area contributed by atoms with E-state index in [4.69, 9.17) is 9.57 Å². The Balaban J connectivity index is 1.47. The molecule has 7 heteroatoms. The van der Waals surface area contributed by atoms with Crippen molar-refractivity contribution in [3.8, 4) is 0 Å². The van der Waals surface area contributed by atoms with Crippen molar-refractivity contribution in [3.05, 3.63) is 59.8 Å². The molecule has 1 aliphatic heterocycles. The Morgan fingerprint density at radius 1 is 1.16 bits per heavy atom. The molecule has 0 aliphatic carbocycles. The second-order valence-electron chi connectivity index (χ2n) is 5.64. The first kappa shape index (κ1) is 17.2. The normalized spacial score (nSPS) is 14.2. The van der Waals surface area contributed by atoms with Crippen LogP contribution in [-0.2, 0) is 22.7 Å². The van der Waals surface area contributed by atoms with Crippen molar-refractivity contribution in [1.29, 1.82) is 0 Å². The summed E-state index contributed by atoms with van der Waals surface area (Å²) in [6.45, 7) is 3.68. The molecule has 0 spiro atoms. The van der Waals surface area contributed by atoms with E-state index in [0.29, 0.717) is 26.4 Å². The highest BCUT2D eigenvalue weighted by atomic mass is 16.7. The molecule has 1 fully saturated rings. The van der Waals surface area contributed by atoms with Gasteiger partial charge in [-0.05, 0) is 11.6 Å². The zero-order valence-corrected chi connectivity index (χ0v) is 14.0. The number of aromatic nitrogens is 1. The van der Waals surface area contributed by atoms with E-state index in [9.17, 15) is 4.79 Å². The lowest BCUT2D eigenvalue weighted by Gasteiger charge is -2.29. The molecular formula is C18H22N4O3. The summed E-state index contributed by atoms with van der Waals surface area (Å²) in [4.78, 5) is 23.7. The van der Waals surface area contributed by atoms with E-state index in [0.717, 1.165) is 30.0 Å². The number of hydroxylamine groups is 1. The molecule has 3 rings (SSSR count). The van der Waals surface area contributed by atoms with Gasteiger partial charge in [-0.15, -0.1) is 0 Å². The molecule has 7 nitrogen and oxygen atoms in total. The van der Waals surface area contributed by atoms with Crippen molar-refractivity contribution < 1.29 is 14.4 Å². The summed E-state index contributed by atoms with van der Waals surface area (Å²) in [5.74, 6) is 0.885. The Hall–Kier alpha value is -2.64. The maximum Gasteiger partial charge on any atom is 0.338 e. The monoisotopic (exact) mass is 342 g/mol. The van der Waals surface area contributed by atoms with Gasteiger partial charge >= 0.3 is 6.03 Å². The van der Waals surface area contributed by atoms with Crippen molar-refractivity contribution in [2.45, 2.75) is 13.2 Å². The zero-order chi connectivity index (χ0) is 17.3. The van der Waals surface area contributed by atoms with Gasteiger partial charge in [-0.2, -0.15) is 0 Å². The summed E-state index contributed by atoms with van der Waals surface area (Å²) in [6.07, 6.45) is 1.76. The van der Waals surface area contributed by atoms with Crippen LogP contribution in [0.25, 0.3) is 0 Å². The minimum absolute atomic E-state index is 0.320. The lowest BCUT2D eigenvalue weighted by Crippen LogP contribution is -2.38. The molecule has 0 saturated carbocycles. The first-order valence-electron chi connectivity index (χ1n) is 8.29. The van der Waals surface area contributed by atoms with Gasteiger partial charge in [0, 0.05) is 31.4 Å². The third kappa shape index (κ3) is 5.17. The number of anilines is 1. The van der Waals surface area contributed by atoms with Crippen molar-refractivity contribution in [2.24, 2.45) is 0 Å². The number of nitrogens with one attached hydrogen (secondary N) is 2. The molecule has 1 aromatic heterocycles. The van der Waals surface area contributed by atoms with Gasteiger partial charge < -0.3 is 15.0 Å². The molecule has 1 aliphatic rings. The van der Waals surface area contributed by atoms with E-state index in [1.165, 1.54) is 0 Å². The van der Waals surface area contributed by atoms with Crippen LogP contribution >= 0.6 is 0 Å². The van der Waals surface area contributed by atoms with Crippen molar-refractivity contribution >= 4 is 11.8 Å².